The number of carbonyl (C=O) groups excluding carboxylic acids is 1. The number of hydrogen-bond acceptors (Lipinski definition) is 8. The molecular weight excluding hydrogens is 478 g/mol. The first-order valence-corrected chi connectivity index (χ1v) is 14.4. The van der Waals surface area contributed by atoms with Crippen LogP contribution in [0.3, 0.4) is 0 Å². The minimum absolute atomic E-state index is 0.0178. The van der Waals surface area contributed by atoms with Crippen LogP contribution in [0.15, 0.2) is 30.6 Å². The lowest BCUT2D eigenvalue weighted by Crippen LogP contribution is -2.49. The van der Waals surface area contributed by atoms with Gasteiger partial charge in [-0.1, -0.05) is 19.3 Å². The van der Waals surface area contributed by atoms with E-state index in [9.17, 15) is 4.79 Å². The van der Waals surface area contributed by atoms with Crippen LogP contribution in [0.5, 0.6) is 0 Å². The van der Waals surface area contributed by atoms with Gasteiger partial charge in [-0.15, -0.1) is 0 Å². The van der Waals surface area contributed by atoms with Gasteiger partial charge in [0, 0.05) is 55.8 Å². The summed E-state index contributed by atoms with van der Waals surface area (Å²) in [6, 6.07) is 6.81. The van der Waals surface area contributed by atoms with E-state index in [0.29, 0.717) is 18.4 Å². The summed E-state index contributed by atoms with van der Waals surface area (Å²) in [5, 5.41) is 4.25. The molecule has 3 aromatic rings. The molecule has 3 aliphatic heterocycles. The van der Waals surface area contributed by atoms with Crippen molar-refractivity contribution in [2.75, 3.05) is 49.6 Å². The number of fused-ring (bicyclic) bond motifs is 4. The molecule has 4 aliphatic rings. The lowest BCUT2D eigenvalue weighted by atomic mass is 9.75. The van der Waals surface area contributed by atoms with Gasteiger partial charge in [0.25, 0.3) is 0 Å². The number of anilines is 3. The molecule has 1 spiro atoms. The summed E-state index contributed by atoms with van der Waals surface area (Å²) in [6.45, 7) is 5.95. The number of carbonyl (C=O) groups is 1. The maximum Gasteiger partial charge on any atom is 0.230 e. The Hall–Kier alpha value is -3.04. The molecule has 3 fully saturated rings. The predicted molar refractivity (Wildman–Crippen MR) is 147 cm³/mol. The molecule has 2 saturated heterocycles. The zero-order valence-electron chi connectivity index (χ0n) is 22.1. The number of piperidine rings is 1. The molecule has 7 rings (SSSR count). The van der Waals surface area contributed by atoms with E-state index in [2.05, 4.69) is 35.7 Å². The van der Waals surface area contributed by atoms with Crippen LogP contribution in [0.4, 0.5) is 17.5 Å². The first kappa shape index (κ1) is 24.0. The smallest absolute Gasteiger partial charge is 0.230 e. The van der Waals surface area contributed by atoms with E-state index in [1.807, 2.05) is 24.5 Å². The number of pyridine rings is 1. The van der Waals surface area contributed by atoms with Gasteiger partial charge in [-0.25, -0.2) is 9.97 Å². The minimum Gasteiger partial charge on any atom is -0.379 e. The first-order valence-electron chi connectivity index (χ1n) is 14.4. The van der Waals surface area contributed by atoms with Crippen molar-refractivity contribution in [1.82, 2.24) is 24.4 Å². The summed E-state index contributed by atoms with van der Waals surface area (Å²) < 4.78 is 7.78. The number of ether oxygens (including phenoxy) is 1. The number of nitrogens with one attached hydrogen (secondary N) is 1. The largest absolute Gasteiger partial charge is 0.379 e. The summed E-state index contributed by atoms with van der Waals surface area (Å²) >= 11 is 0. The van der Waals surface area contributed by atoms with Crippen LogP contribution < -0.4 is 10.2 Å². The van der Waals surface area contributed by atoms with Gasteiger partial charge in [-0.2, -0.15) is 4.98 Å². The van der Waals surface area contributed by atoms with E-state index in [1.54, 1.807) is 0 Å². The molecule has 3 aromatic heterocycles. The van der Waals surface area contributed by atoms with Crippen molar-refractivity contribution in [2.45, 2.75) is 69.4 Å². The van der Waals surface area contributed by atoms with Gasteiger partial charge in [0.2, 0.25) is 5.95 Å². The molecule has 0 aromatic carbocycles. The van der Waals surface area contributed by atoms with E-state index in [0.717, 1.165) is 86.9 Å². The van der Waals surface area contributed by atoms with Gasteiger partial charge in [0.15, 0.2) is 5.78 Å². The van der Waals surface area contributed by atoms with Gasteiger partial charge in [-0.05, 0) is 50.3 Å². The van der Waals surface area contributed by atoms with Crippen LogP contribution in [-0.4, -0.2) is 75.6 Å². The third kappa shape index (κ3) is 4.35. The lowest BCUT2D eigenvalue weighted by molar-refractivity contribution is 0.0115. The maximum absolute atomic E-state index is 12.8. The lowest BCUT2D eigenvalue weighted by Gasteiger charge is -2.42. The van der Waals surface area contributed by atoms with Gasteiger partial charge < -0.3 is 19.5 Å². The van der Waals surface area contributed by atoms with Gasteiger partial charge >= 0.3 is 0 Å². The molecular formula is C29H37N7O2. The van der Waals surface area contributed by atoms with Crippen molar-refractivity contribution in [2.24, 2.45) is 0 Å². The normalized spacial score (nSPS) is 22.6. The van der Waals surface area contributed by atoms with Gasteiger partial charge in [0.1, 0.15) is 11.5 Å². The number of Topliss-reactive ketones (excluding diaryl/α,β-unsaturated/α-hetero) is 1. The second-order valence-corrected chi connectivity index (χ2v) is 11.4. The molecule has 0 radical (unpaired) electrons. The van der Waals surface area contributed by atoms with Crippen LogP contribution >= 0.6 is 0 Å². The molecule has 0 amide bonds. The number of rotatable bonds is 4. The van der Waals surface area contributed by atoms with Crippen LogP contribution in [0.1, 0.15) is 68.3 Å². The van der Waals surface area contributed by atoms with Crippen molar-refractivity contribution < 1.29 is 9.53 Å². The zero-order valence-corrected chi connectivity index (χ0v) is 22.1. The van der Waals surface area contributed by atoms with Crippen LogP contribution in [0.2, 0.25) is 0 Å². The van der Waals surface area contributed by atoms with E-state index < -0.39 is 0 Å². The molecule has 1 N–H and O–H groups in total. The topological polar surface area (TPSA) is 88.4 Å². The second kappa shape index (κ2) is 9.93. The average Bonchev–Trinajstić information content (AvgIpc) is 3.38. The molecule has 38 heavy (non-hydrogen) atoms. The first-order chi connectivity index (χ1) is 18.7. The highest BCUT2D eigenvalue weighted by atomic mass is 16.5. The Morgan fingerprint density at radius 1 is 0.947 bits per heavy atom. The van der Waals surface area contributed by atoms with Crippen molar-refractivity contribution in [3.63, 3.8) is 0 Å². The predicted octanol–water partition coefficient (Wildman–Crippen LogP) is 4.51. The molecule has 9 nitrogen and oxygen atoms in total. The van der Waals surface area contributed by atoms with Crippen molar-refractivity contribution >= 4 is 34.3 Å². The number of nitrogens with zero attached hydrogens (tertiary/aromatic N) is 6. The highest BCUT2D eigenvalue weighted by molar-refractivity contribution is 6.00. The van der Waals surface area contributed by atoms with E-state index >= 15 is 0 Å². The number of morpholine rings is 1. The fourth-order valence-corrected chi connectivity index (χ4v) is 7.20. The zero-order chi connectivity index (χ0) is 25.5. The standard InChI is InChI=1S/C29H37N7O2/c37-25-6-11-29(9-2-1-3-10-29)36-24(25)18-21-19-31-28(33-27(21)36)32-26-5-4-23(20-30-26)34-12-7-22(8-13-34)35-14-16-38-17-15-35/h4-5,18-20,22H,1-3,6-17H2,(H,30,31,32,33). The average molecular weight is 516 g/mol. The van der Waals surface area contributed by atoms with E-state index in [1.165, 1.54) is 32.1 Å². The van der Waals surface area contributed by atoms with Crippen LogP contribution in [-0.2, 0) is 10.3 Å². The molecule has 9 heteroatoms. The number of hydrogen-bond donors (Lipinski definition) is 1. The summed E-state index contributed by atoms with van der Waals surface area (Å²) in [4.78, 5) is 32.0. The highest BCUT2D eigenvalue weighted by Crippen LogP contribution is 2.45. The minimum atomic E-state index is 0.0178. The van der Waals surface area contributed by atoms with E-state index in [4.69, 9.17) is 9.72 Å². The summed E-state index contributed by atoms with van der Waals surface area (Å²) in [5.41, 5.74) is 2.85. The summed E-state index contributed by atoms with van der Waals surface area (Å²) in [7, 11) is 0. The Kier molecular flexibility index (Phi) is 6.28. The quantitative estimate of drug-likeness (QED) is 0.543. The Morgan fingerprint density at radius 2 is 1.76 bits per heavy atom. The Balaban J connectivity index is 1.07. The fraction of sp³-hybridized carbons (Fsp3) is 0.586. The van der Waals surface area contributed by atoms with Crippen molar-refractivity contribution in [3.05, 3.63) is 36.3 Å². The third-order valence-corrected chi connectivity index (χ3v) is 9.28. The third-order valence-electron chi connectivity index (χ3n) is 9.28. The van der Waals surface area contributed by atoms with Crippen LogP contribution in [0.25, 0.3) is 11.0 Å². The van der Waals surface area contributed by atoms with Crippen molar-refractivity contribution in [1.29, 1.82) is 0 Å². The Labute approximate surface area is 223 Å². The van der Waals surface area contributed by atoms with E-state index in [-0.39, 0.29) is 11.3 Å². The molecule has 6 heterocycles. The van der Waals surface area contributed by atoms with Gasteiger partial charge in [0.05, 0.1) is 30.8 Å². The number of ketones is 1. The maximum atomic E-state index is 12.8. The SMILES string of the molecule is O=C1CCC2(CCCCC2)n2c1cc1cnc(Nc3ccc(N4CCC(N5CCOCC5)CC4)cn3)nc12. The molecule has 200 valence electrons. The molecule has 0 bridgehead atoms. The number of aromatic nitrogens is 4. The molecule has 0 atom stereocenters. The summed E-state index contributed by atoms with van der Waals surface area (Å²) in [6.07, 6.45) is 13.6. The highest BCUT2D eigenvalue weighted by Gasteiger charge is 2.41. The van der Waals surface area contributed by atoms with Crippen LogP contribution in [0, 0.1) is 0 Å². The molecule has 1 aliphatic carbocycles. The fourth-order valence-electron chi connectivity index (χ4n) is 7.20. The van der Waals surface area contributed by atoms with Gasteiger partial charge in [-0.3, -0.25) is 9.69 Å². The monoisotopic (exact) mass is 515 g/mol. The molecule has 1 saturated carbocycles. The second-order valence-electron chi connectivity index (χ2n) is 11.4. The molecule has 0 unspecified atom stereocenters. The Morgan fingerprint density at radius 3 is 2.53 bits per heavy atom. The Bertz CT molecular complexity index is 1300. The van der Waals surface area contributed by atoms with Crippen molar-refractivity contribution in [3.8, 4) is 0 Å². The summed E-state index contributed by atoms with van der Waals surface area (Å²) in [5.74, 6) is 1.47.